The van der Waals surface area contributed by atoms with Gasteiger partial charge >= 0.3 is 0 Å². The molecule has 0 spiro atoms. The quantitative estimate of drug-likeness (QED) is 0.588. The van der Waals surface area contributed by atoms with Crippen molar-refractivity contribution in [3.8, 4) is 0 Å². The molecule has 0 bridgehead atoms. The highest BCUT2D eigenvalue weighted by Gasteiger charge is 2.14. The van der Waals surface area contributed by atoms with Crippen LogP contribution in [0.1, 0.15) is 13.8 Å². The minimum absolute atomic E-state index is 0.165. The van der Waals surface area contributed by atoms with Gasteiger partial charge in [-0.05, 0) is 13.8 Å². The SMILES string of the molecule is COC(CN(CCO)C(C)C)OC. The van der Waals surface area contributed by atoms with Crippen molar-refractivity contribution in [1.29, 1.82) is 0 Å². The van der Waals surface area contributed by atoms with E-state index in [0.29, 0.717) is 19.1 Å². The predicted molar refractivity (Wildman–Crippen MR) is 51.6 cm³/mol. The van der Waals surface area contributed by atoms with Crippen LogP contribution in [0.4, 0.5) is 0 Å². The summed E-state index contributed by atoms with van der Waals surface area (Å²) in [6.07, 6.45) is -0.214. The molecule has 0 aliphatic heterocycles. The fourth-order valence-corrected chi connectivity index (χ4v) is 1.13. The molecular formula is C9H21NO3. The third-order valence-corrected chi connectivity index (χ3v) is 2.03. The third-order valence-electron chi connectivity index (χ3n) is 2.03. The first kappa shape index (κ1) is 12.8. The van der Waals surface area contributed by atoms with Gasteiger partial charge in [-0.15, -0.1) is 0 Å². The lowest BCUT2D eigenvalue weighted by molar-refractivity contribution is -0.120. The molecule has 13 heavy (non-hydrogen) atoms. The largest absolute Gasteiger partial charge is 0.395 e. The van der Waals surface area contributed by atoms with Gasteiger partial charge < -0.3 is 14.6 Å². The van der Waals surface area contributed by atoms with Crippen molar-refractivity contribution in [2.75, 3.05) is 33.9 Å². The number of methoxy groups -OCH3 is 2. The molecule has 4 nitrogen and oxygen atoms in total. The Morgan fingerprint density at radius 3 is 2.08 bits per heavy atom. The van der Waals surface area contributed by atoms with E-state index in [9.17, 15) is 0 Å². The van der Waals surface area contributed by atoms with Crippen molar-refractivity contribution in [2.24, 2.45) is 0 Å². The molecule has 0 heterocycles. The van der Waals surface area contributed by atoms with Gasteiger partial charge in [0.2, 0.25) is 0 Å². The summed E-state index contributed by atoms with van der Waals surface area (Å²) < 4.78 is 10.2. The number of aliphatic hydroxyl groups is 1. The molecule has 0 aromatic carbocycles. The fourth-order valence-electron chi connectivity index (χ4n) is 1.13. The second-order valence-corrected chi connectivity index (χ2v) is 3.21. The second kappa shape index (κ2) is 7.26. The van der Waals surface area contributed by atoms with E-state index in [1.54, 1.807) is 14.2 Å². The normalized spacial score (nSPS) is 12.0. The van der Waals surface area contributed by atoms with Crippen LogP contribution in [-0.4, -0.2) is 56.3 Å². The van der Waals surface area contributed by atoms with Crippen molar-refractivity contribution < 1.29 is 14.6 Å². The molecule has 0 aromatic heterocycles. The fraction of sp³-hybridized carbons (Fsp3) is 1.00. The maximum atomic E-state index is 8.82. The first-order valence-electron chi connectivity index (χ1n) is 4.56. The summed E-state index contributed by atoms with van der Waals surface area (Å²) in [6, 6.07) is 0.389. The highest BCUT2D eigenvalue weighted by atomic mass is 16.7. The third kappa shape index (κ3) is 5.21. The average Bonchev–Trinajstić information content (AvgIpc) is 2.11. The summed E-state index contributed by atoms with van der Waals surface area (Å²) in [5, 5.41) is 8.82. The minimum Gasteiger partial charge on any atom is -0.395 e. The Morgan fingerprint density at radius 1 is 1.23 bits per heavy atom. The Kier molecular flexibility index (Phi) is 7.17. The molecule has 0 unspecified atom stereocenters. The average molecular weight is 191 g/mol. The van der Waals surface area contributed by atoms with E-state index in [1.165, 1.54) is 0 Å². The molecule has 0 saturated heterocycles. The number of aliphatic hydroxyl groups excluding tert-OH is 1. The number of hydrogen-bond acceptors (Lipinski definition) is 4. The van der Waals surface area contributed by atoms with Gasteiger partial charge in [0.1, 0.15) is 0 Å². The van der Waals surface area contributed by atoms with E-state index >= 15 is 0 Å². The van der Waals surface area contributed by atoms with Crippen LogP contribution in [0.3, 0.4) is 0 Å². The molecule has 0 aromatic rings. The zero-order chi connectivity index (χ0) is 10.3. The monoisotopic (exact) mass is 191 g/mol. The number of nitrogens with zero attached hydrogens (tertiary/aromatic N) is 1. The molecule has 0 aliphatic rings. The Bertz CT molecular complexity index is 115. The van der Waals surface area contributed by atoms with Crippen LogP contribution in [0.25, 0.3) is 0 Å². The van der Waals surface area contributed by atoms with Gasteiger partial charge in [0.15, 0.2) is 6.29 Å². The van der Waals surface area contributed by atoms with Crippen LogP contribution in [0, 0.1) is 0 Å². The Labute approximate surface area is 80.4 Å². The van der Waals surface area contributed by atoms with E-state index in [1.807, 2.05) is 0 Å². The molecule has 0 amide bonds. The summed E-state index contributed by atoms with van der Waals surface area (Å²) in [7, 11) is 3.23. The first-order valence-corrected chi connectivity index (χ1v) is 4.56. The topological polar surface area (TPSA) is 41.9 Å². The molecule has 4 heteroatoms. The first-order chi connectivity index (χ1) is 6.15. The van der Waals surface area contributed by atoms with E-state index < -0.39 is 0 Å². The van der Waals surface area contributed by atoms with Crippen molar-refractivity contribution in [3.63, 3.8) is 0 Å². The molecule has 0 saturated carbocycles. The summed E-state index contributed by atoms with van der Waals surface area (Å²) in [5.41, 5.74) is 0. The van der Waals surface area contributed by atoms with Gasteiger partial charge in [0.25, 0.3) is 0 Å². The van der Waals surface area contributed by atoms with E-state index in [0.717, 1.165) is 0 Å². The van der Waals surface area contributed by atoms with Gasteiger partial charge in [-0.1, -0.05) is 0 Å². The summed E-state index contributed by atoms with van der Waals surface area (Å²) in [6.45, 7) is 5.67. The minimum atomic E-state index is -0.214. The van der Waals surface area contributed by atoms with Crippen LogP contribution in [0.15, 0.2) is 0 Å². The number of rotatable bonds is 7. The second-order valence-electron chi connectivity index (χ2n) is 3.21. The highest BCUT2D eigenvalue weighted by Crippen LogP contribution is 2.01. The lowest BCUT2D eigenvalue weighted by Gasteiger charge is -2.28. The highest BCUT2D eigenvalue weighted by molar-refractivity contribution is 4.63. The van der Waals surface area contributed by atoms with Crippen molar-refractivity contribution in [1.82, 2.24) is 4.90 Å². The van der Waals surface area contributed by atoms with Crippen LogP contribution >= 0.6 is 0 Å². The van der Waals surface area contributed by atoms with Crippen LogP contribution in [0.5, 0.6) is 0 Å². The van der Waals surface area contributed by atoms with Gasteiger partial charge in [-0.25, -0.2) is 0 Å². The molecular weight excluding hydrogens is 170 g/mol. The molecule has 0 fully saturated rings. The smallest absolute Gasteiger partial charge is 0.169 e. The molecule has 0 aliphatic carbocycles. The van der Waals surface area contributed by atoms with E-state index in [4.69, 9.17) is 14.6 Å². The Balaban J connectivity index is 3.91. The molecule has 0 radical (unpaired) electrons. The zero-order valence-electron chi connectivity index (χ0n) is 8.99. The van der Waals surface area contributed by atoms with Gasteiger partial charge in [0, 0.05) is 33.4 Å². The maximum absolute atomic E-state index is 8.82. The van der Waals surface area contributed by atoms with Gasteiger partial charge in [0.05, 0.1) is 6.61 Å². The van der Waals surface area contributed by atoms with Crippen LogP contribution < -0.4 is 0 Å². The van der Waals surface area contributed by atoms with Gasteiger partial charge in [-0.2, -0.15) is 0 Å². The Morgan fingerprint density at radius 2 is 1.77 bits per heavy atom. The van der Waals surface area contributed by atoms with E-state index in [-0.39, 0.29) is 12.9 Å². The van der Waals surface area contributed by atoms with Gasteiger partial charge in [-0.3, -0.25) is 4.90 Å². The standard InChI is InChI=1S/C9H21NO3/c1-8(2)10(5-6-11)7-9(12-3)13-4/h8-9,11H,5-7H2,1-4H3. The molecule has 80 valence electrons. The van der Waals surface area contributed by atoms with E-state index in [2.05, 4.69) is 18.7 Å². The number of ether oxygens (including phenoxy) is 2. The van der Waals surface area contributed by atoms with Crippen molar-refractivity contribution >= 4 is 0 Å². The van der Waals surface area contributed by atoms with Crippen molar-refractivity contribution in [2.45, 2.75) is 26.2 Å². The molecule has 0 rings (SSSR count). The summed E-state index contributed by atoms with van der Waals surface area (Å²) in [5.74, 6) is 0. The summed E-state index contributed by atoms with van der Waals surface area (Å²) >= 11 is 0. The number of hydrogen-bond donors (Lipinski definition) is 1. The Hall–Kier alpha value is -0.160. The predicted octanol–water partition coefficient (Wildman–Crippen LogP) is 0.308. The van der Waals surface area contributed by atoms with Crippen LogP contribution in [0.2, 0.25) is 0 Å². The molecule has 1 N–H and O–H groups in total. The zero-order valence-corrected chi connectivity index (χ0v) is 8.99. The molecule has 0 atom stereocenters. The lowest BCUT2D eigenvalue weighted by atomic mass is 10.3. The van der Waals surface area contributed by atoms with Crippen LogP contribution in [-0.2, 0) is 9.47 Å². The van der Waals surface area contributed by atoms with Crippen molar-refractivity contribution in [3.05, 3.63) is 0 Å². The lowest BCUT2D eigenvalue weighted by Crippen LogP contribution is -2.40. The maximum Gasteiger partial charge on any atom is 0.169 e. The summed E-state index contributed by atoms with van der Waals surface area (Å²) in [4.78, 5) is 2.11.